The van der Waals surface area contributed by atoms with Crippen LogP contribution in [0.1, 0.15) is 46.5 Å². The van der Waals surface area contributed by atoms with Gasteiger partial charge in [0, 0.05) is 42.2 Å². The number of halogens is 1. The normalized spacial score (nSPS) is 15.6. The fourth-order valence-corrected chi connectivity index (χ4v) is 4.25. The Morgan fingerprint density at radius 2 is 1.86 bits per heavy atom. The molecule has 2 N–H and O–H groups in total. The maximum atomic E-state index is 13.0. The standard InChI is InChI=1S/C22H35FN4OS/c1-4-17(5-2)21(28)27-14-11-19(12-15-27)26-22(24-6-3)25-13-16-29-20-9-7-18(23)8-10-20/h7-10,17,19H,4-6,11-16H2,1-3H3,(H2,24,25,26). The molecule has 1 amide bonds. The number of hydrogen-bond acceptors (Lipinski definition) is 3. The third kappa shape index (κ3) is 7.88. The number of nitrogens with one attached hydrogen (secondary N) is 2. The van der Waals surface area contributed by atoms with Gasteiger partial charge in [0.05, 0.1) is 6.54 Å². The lowest BCUT2D eigenvalue weighted by molar-refractivity contribution is -0.136. The molecule has 1 fully saturated rings. The van der Waals surface area contributed by atoms with Gasteiger partial charge in [-0.3, -0.25) is 9.79 Å². The number of guanidine groups is 1. The molecular formula is C22H35FN4OS. The summed E-state index contributed by atoms with van der Waals surface area (Å²) in [6, 6.07) is 6.89. The SMILES string of the molecule is CCNC(=NCCSc1ccc(F)cc1)NC1CCN(C(=O)C(CC)CC)CC1. The largest absolute Gasteiger partial charge is 0.357 e. The Bertz CT molecular complexity index is 641. The summed E-state index contributed by atoms with van der Waals surface area (Å²) in [6.07, 6.45) is 3.72. The molecule has 7 heteroatoms. The van der Waals surface area contributed by atoms with Gasteiger partial charge in [-0.2, -0.15) is 0 Å². The minimum Gasteiger partial charge on any atom is -0.357 e. The van der Waals surface area contributed by atoms with Gasteiger partial charge in [0.25, 0.3) is 0 Å². The van der Waals surface area contributed by atoms with Crippen molar-refractivity contribution in [3.8, 4) is 0 Å². The van der Waals surface area contributed by atoms with E-state index in [0.717, 1.165) is 61.9 Å². The van der Waals surface area contributed by atoms with Gasteiger partial charge in [-0.25, -0.2) is 4.39 Å². The van der Waals surface area contributed by atoms with Crippen LogP contribution in [-0.4, -0.2) is 54.7 Å². The molecule has 29 heavy (non-hydrogen) atoms. The first kappa shape index (κ1) is 23.5. The number of carbonyl (C=O) groups excluding carboxylic acids is 1. The molecule has 162 valence electrons. The van der Waals surface area contributed by atoms with Gasteiger partial charge in [0.1, 0.15) is 5.82 Å². The van der Waals surface area contributed by atoms with Crippen molar-refractivity contribution in [1.82, 2.24) is 15.5 Å². The first-order valence-corrected chi connectivity index (χ1v) is 11.8. The monoisotopic (exact) mass is 422 g/mol. The highest BCUT2D eigenvalue weighted by molar-refractivity contribution is 7.99. The van der Waals surface area contributed by atoms with Crippen molar-refractivity contribution in [3.05, 3.63) is 30.1 Å². The van der Waals surface area contributed by atoms with Crippen LogP contribution in [0, 0.1) is 11.7 Å². The van der Waals surface area contributed by atoms with Crippen LogP contribution in [0.5, 0.6) is 0 Å². The predicted molar refractivity (Wildman–Crippen MR) is 120 cm³/mol. The quantitative estimate of drug-likeness (QED) is 0.274. The Morgan fingerprint density at radius 1 is 1.21 bits per heavy atom. The van der Waals surface area contributed by atoms with Crippen LogP contribution in [0.3, 0.4) is 0 Å². The van der Waals surface area contributed by atoms with Crippen molar-refractivity contribution in [1.29, 1.82) is 0 Å². The number of thioether (sulfide) groups is 1. The number of hydrogen-bond donors (Lipinski definition) is 2. The Kier molecular flexibility index (Phi) is 10.3. The molecule has 5 nitrogen and oxygen atoms in total. The summed E-state index contributed by atoms with van der Waals surface area (Å²) >= 11 is 1.67. The fourth-order valence-electron chi connectivity index (χ4n) is 3.51. The summed E-state index contributed by atoms with van der Waals surface area (Å²) in [4.78, 5) is 20.3. The Labute approximate surface area is 178 Å². The van der Waals surface area contributed by atoms with E-state index in [9.17, 15) is 9.18 Å². The first-order chi connectivity index (χ1) is 14.1. The Balaban J connectivity index is 1.77. The molecule has 0 atom stereocenters. The molecule has 1 aromatic carbocycles. The molecule has 0 aliphatic carbocycles. The van der Waals surface area contributed by atoms with Gasteiger partial charge in [-0.05, 0) is 56.9 Å². The third-order valence-electron chi connectivity index (χ3n) is 5.27. The summed E-state index contributed by atoms with van der Waals surface area (Å²) in [5.41, 5.74) is 0. The van der Waals surface area contributed by atoms with Crippen LogP contribution in [0.15, 0.2) is 34.2 Å². The molecule has 1 saturated heterocycles. The van der Waals surface area contributed by atoms with E-state index in [0.29, 0.717) is 18.5 Å². The molecule has 0 spiro atoms. The summed E-state index contributed by atoms with van der Waals surface area (Å²) in [7, 11) is 0. The maximum absolute atomic E-state index is 13.0. The highest BCUT2D eigenvalue weighted by Gasteiger charge is 2.26. The van der Waals surface area contributed by atoms with Crippen LogP contribution < -0.4 is 10.6 Å². The molecule has 2 rings (SSSR count). The van der Waals surface area contributed by atoms with E-state index in [1.807, 2.05) is 4.90 Å². The predicted octanol–water partition coefficient (Wildman–Crippen LogP) is 3.90. The van der Waals surface area contributed by atoms with Gasteiger partial charge in [-0.15, -0.1) is 11.8 Å². The second-order valence-corrected chi connectivity index (χ2v) is 8.49. The van der Waals surface area contributed by atoms with Crippen LogP contribution in [-0.2, 0) is 4.79 Å². The topological polar surface area (TPSA) is 56.7 Å². The number of aliphatic imine (C=N–C) groups is 1. The van der Waals surface area contributed by atoms with E-state index in [1.165, 1.54) is 12.1 Å². The van der Waals surface area contributed by atoms with E-state index in [2.05, 4.69) is 36.4 Å². The van der Waals surface area contributed by atoms with E-state index in [4.69, 9.17) is 0 Å². The minimum atomic E-state index is -0.210. The average Bonchev–Trinajstić information content (AvgIpc) is 2.74. The van der Waals surface area contributed by atoms with Crippen LogP contribution >= 0.6 is 11.8 Å². The number of likely N-dealkylation sites (tertiary alicyclic amines) is 1. The third-order valence-corrected chi connectivity index (χ3v) is 6.26. The molecule has 0 unspecified atom stereocenters. The number of piperidine rings is 1. The lowest BCUT2D eigenvalue weighted by Gasteiger charge is -2.34. The number of rotatable bonds is 9. The van der Waals surface area contributed by atoms with Crippen molar-refractivity contribution >= 4 is 23.6 Å². The van der Waals surface area contributed by atoms with Crippen molar-refractivity contribution in [2.45, 2.75) is 57.4 Å². The smallest absolute Gasteiger partial charge is 0.225 e. The highest BCUT2D eigenvalue weighted by atomic mass is 32.2. The second-order valence-electron chi connectivity index (χ2n) is 7.32. The second kappa shape index (κ2) is 12.7. The summed E-state index contributed by atoms with van der Waals surface area (Å²) in [5.74, 6) is 1.93. The van der Waals surface area contributed by atoms with E-state index >= 15 is 0 Å². The van der Waals surface area contributed by atoms with Gasteiger partial charge >= 0.3 is 0 Å². The molecule has 1 aliphatic rings. The Hall–Kier alpha value is -1.76. The van der Waals surface area contributed by atoms with Crippen molar-refractivity contribution in [2.24, 2.45) is 10.9 Å². The van der Waals surface area contributed by atoms with Crippen LogP contribution in [0.25, 0.3) is 0 Å². The van der Waals surface area contributed by atoms with Crippen molar-refractivity contribution in [2.75, 3.05) is 31.9 Å². The zero-order valence-electron chi connectivity index (χ0n) is 17.9. The number of carbonyl (C=O) groups is 1. The van der Waals surface area contributed by atoms with Crippen LogP contribution in [0.4, 0.5) is 4.39 Å². The number of amides is 1. The molecule has 1 aliphatic heterocycles. The summed E-state index contributed by atoms with van der Waals surface area (Å²) < 4.78 is 13.0. The van der Waals surface area contributed by atoms with Gasteiger partial charge in [0.2, 0.25) is 5.91 Å². The molecule has 0 aromatic heterocycles. The van der Waals surface area contributed by atoms with Gasteiger partial charge in [0.15, 0.2) is 5.96 Å². The lowest BCUT2D eigenvalue weighted by Crippen LogP contribution is -2.50. The van der Waals surface area contributed by atoms with E-state index in [1.54, 1.807) is 23.9 Å². The molecule has 1 aromatic rings. The number of nitrogens with zero attached hydrogens (tertiary/aromatic N) is 2. The maximum Gasteiger partial charge on any atom is 0.225 e. The van der Waals surface area contributed by atoms with Crippen molar-refractivity contribution < 1.29 is 9.18 Å². The van der Waals surface area contributed by atoms with Gasteiger partial charge < -0.3 is 15.5 Å². The molecule has 0 bridgehead atoms. The van der Waals surface area contributed by atoms with E-state index < -0.39 is 0 Å². The van der Waals surface area contributed by atoms with E-state index in [-0.39, 0.29) is 11.7 Å². The zero-order valence-corrected chi connectivity index (χ0v) is 18.7. The molecule has 1 heterocycles. The average molecular weight is 423 g/mol. The fraction of sp³-hybridized carbons (Fsp3) is 0.636. The molecule has 0 saturated carbocycles. The van der Waals surface area contributed by atoms with Crippen molar-refractivity contribution in [3.63, 3.8) is 0 Å². The number of benzene rings is 1. The minimum absolute atomic E-state index is 0.164. The summed E-state index contributed by atoms with van der Waals surface area (Å²) in [6.45, 7) is 9.36. The van der Waals surface area contributed by atoms with Crippen LogP contribution in [0.2, 0.25) is 0 Å². The molecular weight excluding hydrogens is 387 g/mol. The van der Waals surface area contributed by atoms with Gasteiger partial charge in [-0.1, -0.05) is 13.8 Å². The highest BCUT2D eigenvalue weighted by Crippen LogP contribution is 2.18. The Morgan fingerprint density at radius 3 is 2.45 bits per heavy atom. The summed E-state index contributed by atoms with van der Waals surface area (Å²) in [5, 5.41) is 6.83. The lowest BCUT2D eigenvalue weighted by atomic mass is 9.98. The first-order valence-electron chi connectivity index (χ1n) is 10.8. The zero-order chi connectivity index (χ0) is 21.1. The molecule has 0 radical (unpaired) electrons.